The third kappa shape index (κ3) is 5.68. The van der Waals surface area contributed by atoms with E-state index in [1.165, 1.54) is 22.8 Å². The SMILES string of the molecule is CCOC(=O)C1=C(C)N=c2s/c(=C/C=C/c3ccccc3)c(=O)n2[C@H]1c1ccc(OC(C)=O)c(OCC)c1. The Labute approximate surface area is 223 Å². The second-order valence-corrected chi connectivity index (χ2v) is 9.34. The first-order valence-electron chi connectivity index (χ1n) is 12.2. The van der Waals surface area contributed by atoms with Gasteiger partial charge in [0.05, 0.1) is 35.1 Å². The summed E-state index contributed by atoms with van der Waals surface area (Å²) >= 11 is 1.24. The van der Waals surface area contributed by atoms with E-state index in [0.717, 1.165) is 5.56 Å². The molecule has 0 bridgehead atoms. The number of nitrogens with zero attached hydrogens (tertiary/aromatic N) is 2. The van der Waals surface area contributed by atoms with Gasteiger partial charge in [-0.25, -0.2) is 9.79 Å². The van der Waals surface area contributed by atoms with Crippen molar-refractivity contribution in [1.82, 2.24) is 4.57 Å². The molecule has 2 heterocycles. The summed E-state index contributed by atoms with van der Waals surface area (Å²) in [7, 11) is 0. The lowest BCUT2D eigenvalue weighted by Gasteiger charge is -2.25. The quantitative estimate of drug-likeness (QED) is 0.324. The summed E-state index contributed by atoms with van der Waals surface area (Å²) in [4.78, 5) is 43.4. The van der Waals surface area contributed by atoms with Gasteiger partial charge >= 0.3 is 11.9 Å². The monoisotopic (exact) mass is 532 g/mol. The lowest BCUT2D eigenvalue weighted by molar-refractivity contribution is -0.139. The highest BCUT2D eigenvalue weighted by molar-refractivity contribution is 7.07. The standard InChI is InChI=1S/C29H28N2O6S/c1-5-35-23-17-21(15-16-22(23)37-19(4)32)26-25(28(34)36-6-2)18(3)30-29-31(26)27(33)24(38-29)14-10-13-20-11-8-7-9-12-20/h7-17,26H,5-6H2,1-4H3/b13-10+,24-14+/t26-/m0/s1. The van der Waals surface area contributed by atoms with Gasteiger partial charge in [0, 0.05) is 6.92 Å². The molecule has 0 aliphatic carbocycles. The Morgan fingerprint density at radius 3 is 2.53 bits per heavy atom. The van der Waals surface area contributed by atoms with Crippen LogP contribution < -0.4 is 24.4 Å². The number of aromatic nitrogens is 1. The summed E-state index contributed by atoms with van der Waals surface area (Å²) in [5, 5.41) is 0. The molecule has 8 nitrogen and oxygen atoms in total. The van der Waals surface area contributed by atoms with Crippen molar-refractivity contribution < 1.29 is 23.8 Å². The van der Waals surface area contributed by atoms with Crippen LogP contribution in [0.2, 0.25) is 0 Å². The number of allylic oxidation sites excluding steroid dienone is 2. The van der Waals surface area contributed by atoms with E-state index >= 15 is 0 Å². The molecular formula is C29H28N2O6S. The highest BCUT2D eigenvalue weighted by Gasteiger charge is 2.34. The lowest BCUT2D eigenvalue weighted by atomic mass is 9.95. The van der Waals surface area contributed by atoms with E-state index in [1.807, 2.05) is 49.4 Å². The predicted octanol–water partition coefficient (Wildman–Crippen LogP) is 3.79. The number of rotatable bonds is 8. The number of fused-ring (bicyclic) bond motifs is 1. The van der Waals surface area contributed by atoms with Gasteiger partial charge in [-0.1, -0.05) is 59.9 Å². The van der Waals surface area contributed by atoms with E-state index in [1.54, 1.807) is 38.1 Å². The Hall–Kier alpha value is -4.24. The minimum atomic E-state index is -0.809. The van der Waals surface area contributed by atoms with Crippen molar-refractivity contribution in [2.75, 3.05) is 13.2 Å². The van der Waals surface area contributed by atoms with Gasteiger partial charge in [-0.2, -0.15) is 0 Å². The van der Waals surface area contributed by atoms with Crippen LogP contribution in [0.5, 0.6) is 11.5 Å². The van der Waals surface area contributed by atoms with Crippen LogP contribution in [0.25, 0.3) is 12.2 Å². The van der Waals surface area contributed by atoms with Crippen LogP contribution in [-0.4, -0.2) is 29.7 Å². The van der Waals surface area contributed by atoms with E-state index in [0.29, 0.717) is 33.0 Å². The van der Waals surface area contributed by atoms with Gasteiger partial charge in [0.15, 0.2) is 16.3 Å². The van der Waals surface area contributed by atoms with Crippen LogP contribution in [0.4, 0.5) is 0 Å². The van der Waals surface area contributed by atoms with E-state index in [4.69, 9.17) is 14.2 Å². The third-order valence-corrected chi connectivity index (χ3v) is 6.69. The number of carbonyl (C=O) groups is 2. The van der Waals surface area contributed by atoms with Gasteiger partial charge in [-0.15, -0.1) is 0 Å². The van der Waals surface area contributed by atoms with Crippen LogP contribution in [0.1, 0.15) is 44.9 Å². The summed E-state index contributed by atoms with van der Waals surface area (Å²) in [6, 6.07) is 13.9. The minimum absolute atomic E-state index is 0.173. The molecule has 0 radical (unpaired) electrons. The molecule has 1 aliphatic rings. The Morgan fingerprint density at radius 2 is 1.84 bits per heavy atom. The molecule has 2 aromatic carbocycles. The summed E-state index contributed by atoms with van der Waals surface area (Å²) in [5.41, 5.74) is 2.03. The Bertz CT molecular complexity index is 1600. The second-order valence-electron chi connectivity index (χ2n) is 8.33. The summed E-state index contributed by atoms with van der Waals surface area (Å²) < 4.78 is 18.3. The number of esters is 2. The van der Waals surface area contributed by atoms with E-state index in [-0.39, 0.29) is 23.5 Å². The molecule has 1 aromatic heterocycles. The second kappa shape index (κ2) is 11.9. The van der Waals surface area contributed by atoms with Crippen molar-refractivity contribution in [3.05, 3.63) is 96.7 Å². The number of hydrogen-bond acceptors (Lipinski definition) is 8. The summed E-state index contributed by atoms with van der Waals surface area (Å²) in [6.07, 6.45) is 5.47. The Balaban J connectivity index is 1.88. The molecule has 1 atom stereocenters. The molecule has 0 amide bonds. The van der Waals surface area contributed by atoms with Crippen LogP contribution in [0.3, 0.4) is 0 Å². The third-order valence-electron chi connectivity index (χ3n) is 5.69. The average molecular weight is 533 g/mol. The van der Waals surface area contributed by atoms with E-state index in [2.05, 4.69) is 4.99 Å². The zero-order valence-electron chi connectivity index (χ0n) is 21.6. The normalized spacial score (nSPS) is 15.3. The number of ether oxygens (including phenoxy) is 3. The fraction of sp³-hybridized carbons (Fsp3) is 0.241. The molecule has 0 spiro atoms. The molecule has 0 saturated heterocycles. The van der Waals surface area contributed by atoms with Crippen molar-refractivity contribution in [2.45, 2.75) is 33.7 Å². The molecule has 1 aliphatic heterocycles. The lowest BCUT2D eigenvalue weighted by Crippen LogP contribution is -2.39. The van der Waals surface area contributed by atoms with Crippen molar-refractivity contribution >= 4 is 35.4 Å². The van der Waals surface area contributed by atoms with E-state index in [9.17, 15) is 14.4 Å². The predicted molar refractivity (Wildman–Crippen MR) is 146 cm³/mol. The molecule has 0 unspecified atom stereocenters. The largest absolute Gasteiger partial charge is 0.490 e. The first-order chi connectivity index (χ1) is 18.3. The van der Waals surface area contributed by atoms with Crippen LogP contribution in [0, 0.1) is 0 Å². The molecule has 9 heteroatoms. The highest BCUT2D eigenvalue weighted by Crippen LogP contribution is 2.36. The fourth-order valence-electron chi connectivity index (χ4n) is 4.13. The van der Waals surface area contributed by atoms with Gasteiger partial charge in [-0.05, 0) is 50.1 Å². The van der Waals surface area contributed by atoms with Gasteiger partial charge in [-0.3, -0.25) is 14.2 Å². The number of benzene rings is 2. The Morgan fingerprint density at radius 1 is 1.08 bits per heavy atom. The van der Waals surface area contributed by atoms with Gasteiger partial charge < -0.3 is 14.2 Å². The first-order valence-corrected chi connectivity index (χ1v) is 13.0. The first kappa shape index (κ1) is 26.8. The molecule has 0 saturated carbocycles. The van der Waals surface area contributed by atoms with Gasteiger partial charge in [0.2, 0.25) is 0 Å². The summed E-state index contributed by atoms with van der Waals surface area (Å²) in [6.45, 7) is 7.06. The Kier molecular flexibility index (Phi) is 8.38. The number of hydrogen-bond donors (Lipinski definition) is 0. The molecule has 196 valence electrons. The topological polar surface area (TPSA) is 96.2 Å². The maximum atomic E-state index is 13.7. The maximum absolute atomic E-state index is 13.7. The van der Waals surface area contributed by atoms with Crippen molar-refractivity contribution in [2.24, 2.45) is 4.99 Å². The van der Waals surface area contributed by atoms with Crippen LogP contribution in [-0.2, 0) is 14.3 Å². The van der Waals surface area contributed by atoms with Crippen molar-refractivity contribution in [3.63, 3.8) is 0 Å². The molecule has 0 fully saturated rings. The molecule has 4 rings (SSSR count). The van der Waals surface area contributed by atoms with Crippen molar-refractivity contribution in [3.8, 4) is 11.5 Å². The maximum Gasteiger partial charge on any atom is 0.338 e. The van der Waals surface area contributed by atoms with Crippen LogP contribution in [0.15, 0.2) is 75.7 Å². The summed E-state index contributed by atoms with van der Waals surface area (Å²) in [5.74, 6) is -0.469. The molecule has 38 heavy (non-hydrogen) atoms. The zero-order valence-corrected chi connectivity index (χ0v) is 22.4. The zero-order chi connectivity index (χ0) is 27.2. The van der Waals surface area contributed by atoms with Crippen LogP contribution >= 0.6 is 11.3 Å². The van der Waals surface area contributed by atoms with Crippen molar-refractivity contribution in [1.29, 1.82) is 0 Å². The van der Waals surface area contributed by atoms with Gasteiger partial charge in [0.25, 0.3) is 5.56 Å². The average Bonchev–Trinajstić information content (AvgIpc) is 3.19. The molecule has 3 aromatic rings. The number of thiazole rings is 1. The molecular weight excluding hydrogens is 504 g/mol. The van der Waals surface area contributed by atoms with Gasteiger partial charge in [0.1, 0.15) is 0 Å². The fourth-order valence-corrected chi connectivity index (χ4v) is 5.13. The minimum Gasteiger partial charge on any atom is -0.490 e. The van der Waals surface area contributed by atoms with E-state index < -0.39 is 18.0 Å². The smallest absolute Gasteiger partial charge is 0.338 e. The number of carbonyl (C=O) groups excluding carboxylic acids is 2. The highest BCUT2D eigenvalue weighted by atomic mass is 32.1. The molecule has 0 N–H and O–H groups in total.